The maximum atomic E-state index is 12.4. The molecule has 17 heavy (non-hydrogen) atoms. The largest absolute Gasteiger partial charge is 0.443 e. The van der Waals surface area contributed by atoms with Gasteiger partial charge in [0.1, 0.15) is 0 Å². The number of nitrogens with zero attached hydrogens (tertiary/aromatic N) is 2. The lowest BCUT2D eigenvalue weighted by Gasteiger charge is -2.10. The van der Waals surface area contributed by atoms with Gasteiger partial charge in [-0.25, -0.2) is 10.4 Å². The van der Waals surface area contributed by atoms with E-state index in [1.165, 1.54) is 17.5 Å². The average Bonchev–Trinajstić information content (AvgIpc) is 2.87. The normalized spacial score (nSPS) is 13.9. The van der Waals surface area contributed by atoms with Crippen LogP contribution >= 0.6 is 22.7 Å². The molecule has 2 aromatic rings. The molecule has 1 atom stereocenters. The molecule has 9 heteroatoms. The van der Waals surface area contributed by atoms with Gasteiger partial charge in [-0.1, -0.05) is 0 Å². The predicted octanol–water partition coefficient (Wildman–Crippen LogP) is 2.17. The van der Waals surface area contributed by atoms with E-state index in [0.29, 0.717) is 16.2 Å². The lowest BCUT2D eigenvalue weighted by molar-refractivity contribution is -0.137. The highest BCUT2D eigenvalue weighted by Crippen LogP contribution is 2.36. The number of nitrogens with one attached hydrogen (secondary N) is 1. The molecule has 1 unspecified atom stereocenters. The first kappa shape index (κ1) is 12.4. The number of alkyl halides is 3. The average molecular weight is 280 g/mol. The minimum absolute atomic E-state index is 0.407. The maximum Gasteiger partial charge on any atom is 0.443 e. The van der Waals surface area contributed by atoms with E-state index < -0.39 is 17.2 Å². The smallest absolute Gasteiger partial charge is 0.271 e. The Morgan fingerprint density at radius 1 is 1.29 bits per heavy atom. The summed E-state index contributed by atoms with van der Waals surface area (Å²) in [5, 5.41) is -0.878. The second-order valence-electron chi connectivity index (χ2n) is 3.07. The van der Waals surface area contributed by atoms with Crippen molar-refractivity contribution in [1.29, 1.82) is 0 Å². The molecule has 0 aromatic carbocycles. The van der Waals surface area contributed by atoms with Gasteiger partial charge in [-0.3, -0.25) is 10.8 Å². The van der Waals surface area contributed by atoms with Crippen molar-refractivity contribution < 1.29 is 13.2 Å². The number of hydrogen-bond acceptors (Lipinski definition) is 6. The van der Waals surface area contributed by atoms with E-state index in [9.17, 15) is 13.2 Å². The second kappa shape index (κ2) is 4.69. The van der Waals surface area contributed by atoms with Crippen molar-refractivity contribution in [2.75, 3.05) is 0 Å². The lowest BCUT2D eigenvalue weighted by Crippen LogP contribution is -2.27. The summed E-state index contributed by atoms with van der Waals surface area (Å²) in [6.45, 7) is 0. The molecule has 0 spiro atoms. The number of halogens is 3. The zero-order chi connectivity index (χ0) is 12.5. The van der Waals surface area contributed by atoms with E-state index in [4.69, 9.17) is 5.84 Å². The summed E-state index contributed by atoms with van der Waals surface area (Å²) in [5.74, 6) is 5.34. The zero-order valence-electron chi connectivity index (χ0n) is 8.23. The number of nitrogens with two attached hydrogens (primary N) is 1. The summed E-state index contributed by atoms with van der Waals surface area (Å²) >= 11 is 1.88. The Morgan fingerprint density at radius 3 is 2.53 bits per heavy atom. The van der Waals surface area contributed by atoms with Crippen molar-refractivity contribution in [3.05, 3.63) is 32.7 Å². The fraction of sp³-hybridized carbons (Fsp3) is 0.250. The third-order valence-corrected chi connectivity index (χ3v) is 3.90. The van der Waals surface area contributed by atoms with Crippen molar-refractivity contribution in [2.24, 2.45) is 5.84 Å². The van der Waals surface area contributed by atoms with Crippen LogP contribution in [0.3, 0.4) is 0 Å². The van der Waals surface area contributed by atoms with Gasteiger partial charge in [0, 0.05) is 22.1 Å². The molecule has 0 saturated heterocycles. The van der Waals surface area contributed by atoms with Crippen LogP contribution in [0.1, 0.15) is 20.8 Å². The van der Waals surface area contributed by atoms with Crippen molar-refractivity contribution in [1.82, 2.24) is 15.4 Å². The molecular formula is C8H7F3N4S2. The Kier molecular flexibility index (Phi) is 3.43. The van der Waals surface area contributed by atoms with E-state index in [2.05, 4.69) is 15.4 Å². The molecule has 0 aliphatic rings. The number of hydrogen-bond donors (Lipinski definition) is 2. The van der Waals surface area contributed by atoms with Crippen LogP contribution in [-0.4, -0.2) is 9.97 Å². The van der Waals surface area contributed by atoms with Gasteiger partial charge in [-0.05, 0) is 0 Å². The Hall–Kier alpha value is -1.03. The van der Waals surface area contributed by atoms with Crippen molar-refractivity contribution in [2.45, 2.75) is 12.2 Å². The molecule has 0 saturated carbocycles. The van der Waals surface area contributed by atoms with Crippen molar-refractivity contribution >= 4 is 22.7 Å². The molecule has 2 heterocycles. The quantitative estimate of drug-likeness (QED) is 0.668. The van der Waals surface area contributed by atoms with Gasteiger partial charge < -0.3 is 0 Å². The number of rotatable bonds is 3. The molecule has 0 fully saturated rings. The second-order valence-corrected chi connectivity index (χ2v) is 5.05. The minimum Gasteiger partial charge on any atom is -0.271 e. The van der Waals surface area contributed by atoms with Gasteiger partial charge in [0.15, 0.2) is 5.01 Å². The third kappa shape index (κ3) is 2.63. The Bertz CT molecular complexity index is 479. The first-order valence-electron chi connectivity index (χ1n) is 4.40. The van der Waals surface area contributed by atoms with Crippen LogP contribution in [0.4, 0.5) is 13.2 Å². The van der Waals surface area contributed by atoms with E-state index in [1.807, 2.05) is 0 Å². The van der Waals surface area contributed by atoms with Crippen molar-refractivity contribution in [3.8, 4) is 0 Å². The molecule has 92 valence electrons. The highest BCUT2D eigenvalue weighted by molar-refractivity contribution is 7.12. The highest BCUT2D eigenvalue weighted by atomic mass is 32.1. The van der Waals surface area contributed by atoms with Gasteiger partial charge >= 0.3 is 6.18 Å². The van der Waals surface area contributed by atoms with Gasteiger partial charge in [0.25, 0.3) is 0 Å². The predicted molar refractivity (Wildman–Crippen MR) is 58.4 cm³/mol. The Balaban J connectivity index is 2.30. The van der Waals surface area contributed by atoms with E-state index >= 15 is 0 Å². The molecule has 2 aromatic heterocycles. The number of hydrazine groups is 1. The summed E-state index contributed by atoms with van der Waals surface area (Å²) < 4.78 is 37.2. The molecule has 0 bridgehead atoms. The SMILES string of the molecule is NNC(c1cncs1)c1cnc(C(F)(F)F)s1. The van der Waals surface area contributed by atoms with Gasteiger partial charge in [-0.2, -0.15) is 13.2 Å². The topological polar surface area (TPSA) is 63.8 Å². The fourth-order valence-electron chi connectivity index (χ4n) is 1.22. The standard InChI is InChI=1S/C8H7F3N4S2/c9-8(10,11)7-14-2-5(17-7)6(15-12)4-1-13-3-16-4/h1-3,6,15H,12H2. The molecule has 0 amide bonds. The number of thiazole rings is 2. The Morgan fingerprint density at radius 2 is 2.06 bits per heavy atom. The van der Waals surface area contributed by atoms with Gasteiger partial charge in [-0.15, -0.1) is 22.7 Å². The van der Waals surface area contributed by atoms with Crippen LogP contribution in [0, 0.1) is 0 Å². The first-order chi connectivity index (χ1) is 8.02. The lowest BCUT2D eigenvalue weighted by atomic mass is 10.2. The molecule has 3 N–H and O–H groups in total. The zero-order valence-corrected chi connectivity index (χ0v) is 9.86. The van der Waals surface area contributed by atoms with Gasteiger partial charge in [0.05, 0.1) is 11.6 Å². The summed E-state index contributed by atoms with van der Waals surface area (Å²) in [5.41, 5.74) is 4.05. The molecule has 4 nitrogen and oxygen atoms in total. The monoisotopic (exact) mass is 280 g/mol. The summed E-state index contributed by atoms with van der Waals surface area (Å²) in [6.07, 6.45) is -1.68. The molecular weight excluding hydrogens is 273 g/mol. The summed E-state index contributed by atoms with van der Waals surface area (Å²) in [4.78, 5) is 8.35. The molecule has 2 rings (SSSR count). The van der Waals surface area contributed by atoms with Gasteiger partial charge in [0.2, 0.25) is 0 Å². The maximum absolute atomic E-state index is 12.4. The highest BCUT2D eigenvalue weighted by Gasteiger charge is 2.35. The van der Waals surface area contributed by atoms with E-state index in [1.54, 1.807) is 11.7 Å². The molecule has 0 radical (unpaired) electrons. The van der Waals surface area contributed by atoms with Crippen molar-refractivity contribution in [3.63, 3.8) is 0 Å². The van der Waals surface area contributed by atoms with E-state index in [-0.39, 0.29) is 0 Å². The van der Waals surface area contributed by atoms with Crippen LogP contribution in [0.5, 0.6) is 0 Å². The van der Waals surface area contributed by atoms with Crippen LogP contribution in [0.25, 0.3) is 0 Å². The fourth-order valence-corrected chi connectivity index (χ4v) is 2.86. The minimum atomic E-state index is -4.42. The number of aromatic nitrogens is 2. The van der Waals surface area contributed by atoms with E-state index in [0.717, 1.165) is 4.88 Å². The van der Waals surface area contributed by atoms with Crippen LogP contribution in [-0.2, 0) is 6.18 Å². The molecule has 0 aliphatic heterocycles. The third-order valence-electron chi connectivity index (χ3n) is 1.95. The summed E-state index contributed by atoms with van der Waals surface area (Å²) in [6, 6.07) is -0.504. The summed E-state index contributed by atoms with van der Waals surface area (Å²) in [7, 11) is 0. The van der Waals surface area contributed by atoms with Crippen LogP contribution in [0.15, 0.2) is 17.9 Å². The van der Waals surface area contributed by atoms with Crippen LogP contribution in [0.2, 0.25) is 0 Å². The first-order valence-corrected chi connectivity index (χ1v) is 6.09. The Labute approximate surface area is 102 Å². The molecule has 0 aliphatic carbocycles. The van der Waals surface area contributed by atoms with Crippen LogP contribution < -0.4 is 11.3 Å².